The number of alkyl carbamates (subject to hydrolysis) is 1. The van der Waals surface area contributed by atoms with E-state index in [1.165, 1.54) is 0 Å². The molecule has 2 atom stereocenters. The summed E-state index contributed by atoms with van der Waals surface area (Å²) in [6.07, 6.45) is 3.04. The molecule has 1 aliphatic carbocycles. The maximum Gasteiger partial charge on any atom is 0.407 e. The van der Waals surface area contributed by atoms with Crippen LogP contribution in [0.15, 0.2) is 0 Å². The number of rotatable bonds is 8. The normalized spacial score (nSPS) is 18.3. The molecule has 0 radical (unpaired) electrons. The zero-order valence-electron chi connectivity index (χ0n) is 12.4. The molecule has 22 heavy (non-hydrogen) atoms. The van der Waals surface area contributed by atoms with Crippen molar-refractivity contribution < 1.29 is 32.9 Å². The molecule has 1 aliphatic rings. The number of ether oxygens (including phenoxy) is 2. The Labute approximate surface area is 131 Å². The van der Waals surface area contributed by atoms with E-state index in [0.29, 0.717) is 0 Å². The van der Waals surface area contributed by atoms with E-state index in [1.54, 1.807) is 0 Å². The first-order valence-corrected chi connectivity index (χ1v) is 8.59. The van der Waals surface area contributed by atoms with Crippen LogP contribution >= 0.6 is 0 Å². The van der Waals surface area contributed by atoms with E-state index >= 15 is 0 Å². The summed E-state index contributed by atoms with van der Waals surface area (Å²) in [7, 11) is 0. The molecular formula is C13H23NO7S. The van der Waals surface area contributed by atoms with Crippen LogP contribution in [-0.4, -0.2) is 57.5 Å². The second-order valence-corrected chi connectivity index (χ2v) is 6.14. The lowest BCUT2D eigenvalue weighted by Crippen LogP contribution is -2.35. The SMILES string of the molecule is O=C(NC[C@H](O)CS(=O)O)OCCOC(=O)C1CCCCC1. The van der Waals surface area contributed by atoms with Crippen molar-refractivity contribution in [2.24, 2.45) is 5.92 Å². The number of amides is 1. The van der Waals surface area contributed by atoms with Gasteiger partial charge in [-0.05, 0) is 12.8 Å². The molecule has 1 amide bonds. The van der Waals surface area contributed by atoms with Gasteiger partial charge >= 0.3 is 12.1 Å². The van der Waals surface area contributed by atoms with Gasteiger partial charge in [0.2, 0.25) is 0 Å². The molecule has 0 saturated heterocycles. The first kappa shape index (κ1) is 18.9. The van der Waals surface area contributed by atoms with Gasteiger partial charge < -0.3 is 24.4 Å². The highest BCUT2D eigenvalue weighted by Gasteiger charge is 2.22. The van der Waals surface area contributed by atoms with Crippen molar-refractivity contribution in [1.82, 2.24) is 5.32 Å². The molecule has 0 spiro atoms. The minimum atomic E-state index is -2.12. The van der Waals surface area contributed by atoms with Crippen molar-refractivity contribution in [2.75, 3.05) is 25.5 Å². The van der Waals surface area contributed by atoms with E-state index in [2.05, 4.69) is 5.32 Å². The van der Waals surface area contributed by atoms with Crippen LogP contribution in [0.25, 0.3) is 0 Å². The van der Waals surface area contributed by atoms with Gasteiger partial charge in [-0.3, -0.25) is 4.79 Å². The smallest absolute Gasteiger partial charge is 0.407 e. The third-order valence-electron chi connectivity index (χ3n) is 3.32. The largest absolute Gasteiger partial charge is 0.462 e. The molecule has 3 N–H and O–H groups in total. The Morgan fingerprint density at radius 2 is 1.82 bits per heavy atom. The summed E-state index contributed by atoms with van der Waals surface area (Å²) in [5.41, 5.74) is 0. The minimum Gasteiger partial charge on any atom is -0.462 e. The van der Waals surface area contributed by atoms with E-state index < -0.39 is 23.3 Å². The molecule has 0 aromatic rings. The van der Waals surface area contributed by atoms with Crippen LogP contribution in [0.3, 0.4) is 0 Å². The molecule has 0 aromatic carbocycles. The summed E-state index contributed by atoms with van der Waals surface area (Å²) < 4.78 is 28.8. The Morgan fingerprint density at radius 3 is 2.45 bits per heavy atom. The van der Waals surface area contributed by atoms with Crippen molar-refractivity contribution in [3.05, 3.63) is 0 Å². The number of hydrogen-bond donors (Lipinski definition) is 3. The zero-order valence-corrected chi connectivity index (χ0v) is 13.2. The minimum absolute atomic E-state index is 0.00797. The van der Waals surface area contributed by atoms with Gasteiger partial charge in [0.1, 0.15) is 13.2 Å². The van der Waals surface area contributed by atoms with Crippen molar-refractivity contribution in [3.63, 3.8) is 0 Å². The van der Waals surface area contributed by atoms with E-state index in [4.69, 9.17) is 14.0 Å². The van der Waals surface area contributed by atoms with Gasteiger partial charge in [-0.25, -0.2) is 9.00 Å². The average Bonchev–Trinajstić information content (AvgIpc) is 2.49. The third-order valence-corrected chi connectivity index (χ3v) is 3.99. The molecule has 0 aromatic heterocycles. The Balaban J connectivity index is 2.04. The second kappa shape index (κ2) is 10.5. The first-order valence-electron chi connectivity index (χ1n) is 7.32. The van der Waals surface area contributed by atoms with Crippen LogP contribution < -0.4 is 5.32 Å². The van der Waals surface area contributed by atoms with Crippen LogP contribution in [0.2, 0.25) is 0 Å². The van der Waals surface area contributed by atoms with Gasteiger partial charge in [-0.1, -0.05) is 19.3 Å². The molecule has 128 valence electrons. The Kier molecular flexibility index (Phi) is 9.02. The highest BCUT2D eigenvalue weighted by atomic mass is 32.2. The van der Waals surface area contributed by atoms with Crippen LogP contribution in [-0.2, 0) is 25.3 Å². The topological polar surface area (TPSA) is 122 Å². The fraction of sp³-hybridized carbons (Fsp3) is 0.846. The van der Waals surface area contributed by atoms with Crippen molar-refractivity contribution in [1.29, 1.82) is 0 Å². The van der Waals surface area contributed by atoms with E-state index in [-0.39, 0.29) is 37.4 Å². The standard InChI is InChI=1S/C13H23NO7S/c15-11(9-22(18)19)8-14-13(17)21-7-6-20-12(16)10-4-2-1-3-5-10/h10-11,15H,1-9H2,(H,14,17)(H,18,19)/t11-/m0/s1. The zero-order chi connectivity index (χ0) is 16.4. The van der Waals surface area contributed by atoms with Crippen molar-refractivity contribution >= 4 is 23.1 Å². The molecule has 1 unspecified atom stereocenters. The average molecular weight is 337 g/mol. The Morgan fingerprint density at radius 1 is 1.18 bits per heavy atom. The molecular weight excluding hydrogens is 314 g/mol. The Hall–Kier alpha value is -1.19. The van der Waals surface area contributed by atoms with Gasteiger partial charge in [0.05, 0.1) is 17.8 Å². The number of carbonyl (C=O) groups is 2. The molecule has 8 nitrogen and oxygen atoms in total. The lowest BCUT2D eigenvalue weighted by Gasteiger charge is -2.19. The van der Waals surface area contributed by atoms with E-state index in [9.17, 15) is 18.9 Å². The number of nitrogens with one attached hydrogen (secondary N) is 1. The second-order valence-electron chi connectivity index (χ2n) is 5.16. The lowest BCUT2D eigenvalue weighted by atomic mass is 9.89. The molecule has 1 rings (SSSR count). The maximum absolute atomic E-state index is 11.7. The molecule has 9 heteroatoms. The van der Waals surface area contributed by atoms with E-state index in [0.717, 1.165) is 32.1 Å². The van der Waals surface area contributed by atoms with Crippen molar-refractivity contribution in [3.8, 4) is 0 Å². The molecule has 0 bridgehead atoms. The third kappa shape index (κ3) is 8.30. The highest BCUT2D eigenvalue weighted by Crippen LogP contribution is 2.24. The summed E-state index contributed by atoms with van der Waals surface area (Å²) in [5.74, 6) is -0.638. The summed E-state index contributed by atoms with van der Waals surface area (Å²) in [5, 5.41) is 11.5. The van der Waals surface area contributed by atoms with Gasteiger partial charge in [-0.15, -0.1) is 0 Å². The number of carbonyl (C=O) groups excluding carboxylic acids is 2. The Bertz CT molecular complexity index is 385. The van der Waals surface area contributed by atoms with Crippen molar-refractivity contribution in [2.45, 2.75) is 38.2 Å². The quantitative estimate of drug-likeness (QED) is 0.333. The number of aliphatic hydroxyl groups is 1. The highest BCUT2D eigenvalue weighted by molar-refractivity contribution is 7.79. The fourth-order valence-corrected chi connectivity index (χ4v) is 2.66. The predicted molar refractivity (Wildman–Crippen MR) is 78.5 cm³/mol. The fourth-order valence-electron chi connectivity index (χ4n) is 2.21. The van der Waals surface area contributed by atoms with Gasteiger partial charge in [0, 0.05) is 6.54 Å². The summed E-state index contributed by atoms with van der Waals surface area (Å²) >= 11 is -2.12. The predicted octanol–water partition coefficient (Wildman–Crippen LogP) is 0.419. The van der Waals surface area contributed by atoms with Crippen LogP contribution in [0.5, 0.6) is 0 Å². The molecule has 0 aliphatic heterocycles. The molecule has 1 fully saturated rings. The maximum atomic E-state index is 11.7. The van der Waals surface area contributed by atoms with Crippen LogP contribution in [0.1, 0.15) is 32.1 Å². The number of esters is 1. The summed E-state index contributed by atoms with van der Waals surface area (Å²) in [4.78, 5) is 23.0. The van der Waals surface area contributed by atoms with Gasteiger partial charge in [-0.2, -0.15) is 0 Å². The monoisotopic (exact) mass is 337 g/mol. The summed E-state index contributed by atoms with van der Waals surface area (Å²) in [6.45, 7) is -0.273. The van der Waals surface area contributed by atoms with Crippen LogP contribution in [0, 0.1) is 5.92 Å². The van der Waals surface area contributed by atoms with Crippen LogP contribution in [0.4, 0.5) is 4.79 Å². The summed E-state index contributed by atoms with van der Waals surface area (Å²) in [6, 6.07) is 0. The van der Waals surface area contributed by atoms with Gasteiger partial charge in [0.15, 0.2) is 11.1 Å². The van der Waals surface area contributed by atoms with Gasteiger partial charge in [0.25, 0.3) is 0 Å². The lowest BCUT2D eigenvalue weighted by molar-refractivity contribution is -0.150. The molecule has 0 heterocycles. The molecule has 1 saturated carbocycles. The number of hydrogen-bond acceptors (Lipinski definition) is 6. The first-order chi connectivity index (χ1) is 10.5. The van der Waals surface area contributed by atoms with E-state index in [1.807, 2.05) is 0 Å². The number of aliphatic hydroxyl groups excluding tert-OH is 1.